The van der Waals surface area contributed by atoms with Gasteiger partial charge in [-0.2, -0.15) is 0 Å². The lowest BCUT2D eigenvalue weighted by Gasteiger charge is -2.28. The summed E-state index contributed by atoms with van der Waals surface area (Å²) in [7, 11) is 0. The molecule has 0 unspecified atom stereocenters. The fraction of sp³-hybridized carbons (Fsp3) is 0.259. The lowest BCUT2D eigenvalue weighted by Crippen LogP contribution is -2.29. The van der Waals surface area contributed by atoms with E-state index in [9.17, 15) is 4.79 Å². The van der Waals surface area contributed by atoms with Crippen LogP contribution in [0.4, 0.5) is 11.4 Å². The average molecular weight is 517 g/mol. The second kappa shape index (κ2) is 9.83. The van der Waals surface area contributed by atoms with Crippen molar-refractivity contribution >= 4 is 45.9 Å². The fourth-order valence-electron chi connectivity index (χ4n) is 4.83. The number of thiocarbonyl (C=S) groups is 1. The number of nitrogens with one attached hydrogen (secondary N) is 2. The van der Waals surface area contributed by atoms with Gasteiger partial charge in [-0.15, -0.1) is 11.3 Å². The van der Waals surface area contributed by atoms with Crippen molar-refractivity contribution in [2.75, 3.05) is 10.2 Å². The maximum atomic E-state index is 12.0. The van der Waals surface area contributed by atoms with Gasteiger partial charge in [-0.05, 0) is 80.5 Å². The van der Waals surface area contributed by atoms with Crippen LogP contribution in [0.2, 0.25) is 0 Å². The molecule has 2 N–H and O–H groups in total. The first-order chi connectivity index (χ1) is 17.4. The molecule has 5 rings (SSSR count). The van der Waals surface area contributed by atoms with E-state index in [2.05, 4.69) is 56.0 Å². The SMILES string of the molecule is CCC(=O)Nc1ccc(N2C(=S)N[C@@H](c3ccccn3)[C@H]2c2cc(C)n(-c3nccs3)c2C)cc1C. The average Bonchev–Trinajstić information content (AvgIpc) is 3.58. The first kappa shape index (κ1) is 24.1. The van der Waals surface area contributed by atoms with E-state index in [1.165, 1.54) is 0 Å². The number of amides is 1. The largest absolute Gasteiger partial charge is 0.351 e. The van der Waals surface area contributed by atoms with Crippen LogP contribution >= 0.6 is 23.6 Å². The van der Waals surface area contributed by atoms with E-state index in [1.807, 2.05) is 62.0 Å². The zero-order chi connectivity index (χ0) is 25.4. The van der Waals surface area contributed by atoms with Crippen LogP contribution in [0.25, 0.3) is 5.13 Å². The molecule has 2 atom stereocenters. The van der Waals surface area contributed by atoms with Gasteiger partial charge in [0.15, 0.2) is 10.2 Å². The third kappa shape index (κ3) is 4.29. The number of hydrogen-bond donors (Lipinski definition) is 2. The lowest BCUT2D eigenvalue weighted by molar-refractivity contribution is -0.115. The number of aryl methyl sites for hydroxylation is 2. The van der Waals surface area contributed by atoms with Crippen molar-refractivity contribution in [1.29, 1.82) is 0 Å². The van der Waals surface area contributed by atoms with Gasteiger partial charge >= 0.3 is 0 Å². The van der Waals surface area contributed by atoms with Crippen molar-refractivity contribution in [3.05, 3.63) is 88.4 Å². The van der Waals surface area contributed by atoms with Crippen molar-refractivity contribution in [2.45, 2.75) is 46.2 Å². The van der Waals surface area contributed by atoms with Gasteiger partial charge in [-0.25, -0.2) is 4.98 Å². The fourth-order valence-corrected chi connectivity index (χ4v) is 5.93. The molecule has 0 bridgehead atoms. The molecule has 4 aromatic rings. The monoisotopic (exact) mass is 516 g/mol. The third-order valence-corrected chi connectivity index (χ3v) is 7.65. The minimum atomic E-state index is -0.135. The highest BCUT2D eigenvalue weighted by atomic mass is 32.1. The summed E-state index contributed by atoms with van der Waals surface area (Å²) in [5, 5.41) is 10.1. The number of pyridine rings is 1. The van der Waals surface area contributed by atoms with Gasteiger partial charge in [0.1, 0.15) is 0 Å². The van der Waals surface area contributed by atoms with Crippen LogP contribution in [0.15, 0.2) is 60.2 Å². The minimum absolute atomic E-state index is 0.00747. The molecule has 0 saturated carbocycles. The van der Waals surface area contributed by atoms with Gasteiger partial charge in [0.05, 0.1) is 17.8 Å². The first-order valence-corrected chi connectivity index (χ1v) is 13.2. The standard InChI is InChI=1S/C27H28N6OS2/c1-5-23(34)30-21-10-9-19(14-16(21)2)33-25(24(31-26(33)35)22-8-6-7-11-28-22)20-15-17(3)32(18(20)4)27-29-12-13-36-27/h6-15,24-25H,5H2,1-4H3,(H,30,34)(H,31,35)/t24-,25+/m0/s1. The molecule has 1 fully saturated rings. The number of hydrogen-bond acceptors (Lipinski definition) is 5. The molecule has 0 aliphatic carbocycles. The molecule has 4 heterocycles. The minimum Gasteiger partial charge on any atom is -0.351 e. The summed E-state index contributed by atoms with van der Waals surface area (Å²) in [6.07, 6.45) is 4.08. The molecule has 184 valence electrons. The molecule has 1 aliphatic heterocycles. The van der Waals surface area contributed by atoms with E-state index in [1.54, 1.807) is 11.3 Å². The Hall–Kier alpha value is -3.56. The molecule has 3 aromatic heterocycles. The summed E-state index contributed by atoms with van der Waals surface area (Å²) in [6.45, 7) is 8.08. The van der Waals surface area contributed by atoms with E-state index in [0.717, 1.165) is 44.7 Å². The Balaban J connectivity index is 1.62. The second-order valence-electron chi connectivity index (χ2n) is 8.87. The van der Waals surface area contributed by atoms with Crippen LogP contribution in [0.3, 0.4) is 0 Å². The smallest absolute Gasteiger partial charge is 0.224 e. The Kier molecular flexibility index (Phi) is 6.59. The van der Waals surface area contributed by atoms with Crippen molar-refractivity contribution in [2.24, 2.45) is 0 Å². The summed E-state index contributed by atoms with van der Waals surface area (Å²) < 4.78 is 2.20. The lowest BCUT2D eigenvalue weighted by atomic mass is 9.96. The number of rotatable bonds is 6. The molecular formula is C27H28N6OS2. The van der Waals surface area contributed by atoms with Crippen LogP contribution < -0.4 is 15.5 Å². The number of nitrogens with zero attached hydrogens (tertiary/aromatic N) is 4. The predicted molar refractivity (Wildman–Crippen MR) is 149 cm³/mol. The zero-order valence-corrected chi connectivity index (χ0v) is 22.3. The molecule has 1 aromatic carbocycles. The molecule has 0 spiro atoms. The Morgan fingerprint density at radius 1 is 1.14 bits per heavy atom. The number of benzene rings is 1. The molecule has 9 heteroatoms. The number of aromatic nitrogens is 3. The summed E-state index contributed by atoms with van der Waals surface area (Å²) in [4.78, 5) is 23.4. The first-order valence-electron chi connectivity index (χ1n) is 11.9. The number of anilines is 2. The molecule has 0 radical (unpaired) electrons. The van der Waals surface area contributed by atoms with Gasteiger partial charge in [0, 0.05) is 47.0 Å². The van der Waals surface area contributed by atoms with Crippen LogP contribution in [0, 0.1) is 20.8 Å². The number of carbonyl (C=O) groups excluding carboxylic acids is 1. The van der Waals surface area contributed by atoms with Gasteiger partial charge in [-0.3, -0.25) is 14.3 Å². The maximum Gasteiger partial charge on any atom is 0.224 e. The molecule has 1 amide bonds. The van der Waals surface area contributed by atoms with Crippen molar-refractivity contribution in [3.63, 3.8) is 0 Å². The van der Waals surface area contributed by atoms with Crippen LogP contribution in [-0.4, -0.2) is 25.6 Å². The highest BCUT2D eigenvalue weighted by Gasteiger charge is 2.42. The maximum absolute atomic E-state index is 12.0. The Bertz CT molecular complexity index is 1410. The van der Waals surface area contributed by atoms with E-state index in [0.29, 0.717) is 11.5 Å². The third-order valence-electron chi connectivity index (χ3n) is 6.58. The highest BCUT2D eigenvalue weighted by molar-refractivity contribution is 7.80. The topological polar surface area (TPSA) is 75.1 Å². The Morgan fingerprint density at radius 2 is 1.97 bits per heavy atom. The van der Waals surface area contributed by atoms with E-state index in [-0.39, 0.29) is 18.0 Å². The van der Waals surface area contributed by atoms with Crippen molar-refractivity contribution in [1.82, 2.24) is 19.9 Å². The van der Waals surface area contributed by atoms with Gasteiger partial charge < -0.3 is 15.5 Å². The normalized spacial score (nSPS) is 17.3. The van der Waals surface area contributed by atoms with Crippen LogP contribution in [-0.2, 0) is 4.79 Å². The van der Waals surface area contributed by atoms with Gasteiger partial charge in [-0.1, -0.05) is 13.0 Å². The Morgan fingerprint density at radius 3 is 2.64 bits per heavy atom. The predicted octanol–water partition coefficient (Wildman–Crippen LogP) is 5.78. The molecule has 36 heavy (non-hydrogen) atoms. The van der Waals surface area contributed by atoms with E-state index in [4.69, 9.17) is 12.2 Å². The van der Waals surface area contributed by atoms with Gasteiger partial charge in [0.25, 0.3) is 0 Å². The number of thiazole rings is 1. The van der Waals surface area contributed by atoms with Crippen LogP contribution in [0.5, 0.6) is 0 Å². The Labute approximate surface area is 220 Å². The summed E-state index contributed by atoms with van der Waals surface area (Å²) >= 11 is 7.52. The summed E-state index contributed by atoms with van der Waals surface area (Å²) in [5.74, 6) is -0.00747. The summed E-state index contributed by atoms with van der Waals surface area (Å²) in [5.41, 5.74) is 7.06. The zero-order valence-electron chi connectivity index (χ0n) is 20.6. The molecule has 1 saturated heterocycles. The molecule has 7 nitrogen and oxygen atoms in total. The van der Waals surface area contributed by atoms with Crippen LogP contribution in [0.1, 0.15) is 53.6 Å². The quantitative estimate of drug-likeness (QED) is 0.317. The summed E-state index contributed by atoms with van der Waals surface area (Å²) in [6, 6.07) is 14.0. The van der Waals surface area contributed by atoms with E-state index < -0.39 is 0 Å². The molecule has 1 aliphatic rings. The molecular weight excluding hydrogens is 488 g/mol. The number of carbonyl (C=O) groups is 1. The van der Waals surface area contributed by atoms with E-state index >= 15 is 0 Å². The van der Waals surface area contributed by atoms with Gasteiger partial charge in [0.2, 0.25) is 5.91 Å². The van der Waals surface area contributed by atoms with Crippen molar-refractivity contribution in [3.8, 4) is 5.13 Å². The second-order valence-corrected chi connectivity index (χ2v) is 10.1. The highest BCUT2D eigenvalue weighted by Crippen LogP contribution is 2.44. The van der Waals surface area contributed by atoms with Crippen molar-refractivity contribution < 1.29 is 4.79 Å².